The van der Waals surface area contributed by atoms with Crippen molar-refractivity contribution in [1.82, 2.24) is 5.43 Å². The van der Waals surface area contributed by atoms with Gasteiger partial charge in [0.25, 0.3) is 0 Å². The fraction of sp³-hybridized carbons (Fsp3) is 0.273. The molecule has 1 rings (SSSR count). The van der Waals surface area contributed by atoms with Crippen LogP contribution in [0.3, 0.4) is 0 Å². The van der Waals surface area contributed by atoms with Gasteiger partial charge in [0.15, 0.2) is 0 Å². The molecule has 3 heteroatoms. The summed E-state index contributed by atoms with van der Waals surface area (Å²) in [7, 11) is 0. The summed E-state index contributed by atoms with van der Waals surface area (Å²) in [5.74, 6) is 5.47. The second-order valence-corrected chi connectivity index (χ2v) is 4.31. The predicted molar refractivity (Wildman–Crippen MR) is 63.8 cm³/mol. The molecule has 3 N–H and O–H groups in total. The van der Waals surface area contributed by atoms with Gasteiger partial charge in [-0.15, -0.1) is 0 Å². The highest BCUT2D eigenvalue weighted by molar-refractivity contribution is 9.10. The molecule has 0 amide bonds. The molecule has 1 atom stereocenters. The number of halogens is 1. The summed E-state index contributed by atoms with van der Waals surface area (Å²) < 4.78 is 1.11. The monoisotopic (exact) mass is 254 g/mol. The number of nitrogens with one attached hydrogen (secondary N) is 1. The Morgan fingerprint density at radius 3 is 2.64 bits per heavy atom. The number of hydrogen-bond donors (Lipinski definition) is 2. The van der Waals surface area contributed by atoms with Gasteiger partial charge >= 0.3 is 0 Å². The molecular formula is C11H15BrN2. The topological polar surface area (TPSA) is 38.0 Å². The Bertz CT molecular complexity index is 347. The molecule has 0 aliphatic carbocycles. The third-order valence-electron chi connectivity index (χ3n) is 2.17. The molecule has 1 aromatic carbocycles. The third-order valence-corrected chi connectivity index (χ3v) is 3.06. The van der Waals surface area contributed by atoms with Gasteiger partial charge in [-0.05, 0) is 31.0 Å². The van der Waals surface area contributed by atoms with Crippen molar-refractivity contribution in [2.75, 3.05) is 0 Å². The van der Waals surface area contributed by atoms with Crippen LogP contribution in [0.15, 0.2) is 34.8 Å². The van der Waals surface area contributed by atoms with Gasteiger partial charge in [0.1, 0.15) is 0 Å². The summed E-state index contributed by atoms with van der Waals surface area (Å²) in [5, 5.41) is 0. The minimum atomic E-state index is 0.0294. The van der Waals surface area contributed by atoms with Crippen molar-refractivity contribution in [3.63, 3.8) is 0 Å². The van der Waals surface area contributed by atoms with Crippen molar-refractivity contribution in [3.8, 4) is 0 Å². The molecule has 2 nitrogen and oxygen atoms in total. The lowest BCUT2D eigenvalue weighted by molar-refractivity contribution is 0.626. The van der Waals surface area contributed by atoms with Crippen molar-refractivity contribution in [3.05, 3.63) is 46.0 Å². The molecule has 0 aromatic heterocycles. The molecule has 0 fully saturated rings. The summed E-state index contributed by atoms with van der Waals surface area (Å²) in [6.07, 6.45) is 0. The highest BCUT2D eigenvalue weighted by Gasteiger charge is 2.10. The van der Waals surface area contributed by atoms with E-state index in [2.05, 4.69) is 40.9 Å². The quantitative estimate of drug-likeness (QED) is 0.495. The van der Waals surface area contributed by atoms with Crippen LogP contribution in [0.2, 0.25) is 0 Å². The van der Waals surface area contributed by atoms with Gasteiger partial charge in [0, 0.05) is 4.47 Å². The first-order valence-corrected chi connectivity index (χ1v) is 5.23. The molecule has 0 heterocycles. The number of benzene rings is 1. The van der Waals surface area contributed by atoms with E-state index in [1.54, 1.807) is 0 Å². The lowest BCUT2D eigenvalue weighted by atomic mass is 10.0. The molecule has 0 aliphatic rings. The highest BCUT2D eigenvalue weighted by Crippen LogP contribution is 2.24. The minimum absolute atomic E-state index is 0.0294. The fourth-order valence-electron chi connectivity index (χ4n) is 1.37. The van der Waals surface area contributed by atoms with E-state index in [-0.39, 0.29) is 6.04 Å². The van der Waals surface area contributed by atoms with Gasteiger partial charge in [0.2, 0.25) is 0 Å². The van der Waals surface area contributed by atoms with Crippen LogP contribution in [0.1, 0.15) is 24.1 Å². The standard InChI is InChI=1S/C11H15BrN2/c1-7(2)11(14-13)9-4-5-10(12)8(3)6-9/h4-6,11,14H,1,13H2,2-3H3. The van der Waals surface area contributed by atoms with Crippen LogP contribution >= 0.6 is 15.9 Å². The molecular weight excluding hydrogens is 240 g/mol. The summed E-state index contributed by atoms with van der Waals surface area (Å²) in [5.41, 5.74) is 6.10. The van der Waals surface area contributed by atoms with E-state index in [1.807, 2.05) is 19.1 Å². The van der Waals surface area contributed by atoms with E-state index >= 15 is 0 Å². The van der Waals surface area contributed by atoms with Crippen molar-refractivity contribution in [2.45, 2.75) is 19.9 Å². The van der Waals surface area contributed by atoms with Crippen molar-refractivity contribution in [2.24, 2.45) is 5.84 Å². The summed E-state index contributed by atoms with van der Waals surface area (Å²) in [4.78, 5) is 0. The van der Waals surface area contributed by atoms with Gasteiger partial charge in [-0.25, -0.2) is 5.43 Å². The molecule has 0 saturated heterocycles. The number of hydrogen-bond acceptors (Lipinski definition) is 2. The van der Waals surface area contributed by atoms with Gasteiger partial charge in [0.05, 0.1) is 6.04 Å². The SMILES string of the molecule is C=C(C)C(NN)c1ccc(Br)c(C)c1. The third kappa shape index (κ3) is 2.44. The number of aryl methyl sites for hydroxylation is 1. The molecule has 0 bridgehead atoms. The molecule has 0 radical (unpaired) electrons. The average Bonchev–Trinajstić information content (AvgIpc) is 2.11. The van der Waals surface area contributed by atoms with E-state index in [1.165, 1.54) is 5.56 Å². The van der Waals surface area contributed by atoms with Crippen LogP contribution in [-0.4, -0.2) is 0 Å². The number of nitrogens with two attached hydrogens (primary N) is 1. The normalized spacial score (nSPS) is 12.6. The van der Waals surface area contributed by atoms with Crippen LogP contribution in [0.4, 0.5) is 0 Å². The van der Waals surface area contributed by atoms with E-state index < -0.39 is 0 Å². The van der Waals surface area contributed by atoms with E-state index in [0.717, 1.165) is 15.6 Å². The fourth-order valence-corrected chi connectivity index (χ4v) is 1.62. The molecule has 14 heavy (non-hydrogen) atoms. The zero-order valence-electron chi connectivity index (χ0n) is 8.47. The van der Waals surface area contributed by atoms with E-state index in [4.69, 9.17) is 5.84 Å². The van der Waals surface area contributed by atoms with Gasteiger partial charge in [-0.3, -0.25) is 5.84 Å². The zero-order chi connectivity index (χ0) is 10.7. The molecule has 1 unspecified atom stereocenters. The number of hydrazine groups is 1. The predicted octanol–water partition coefficient (Wildman–Crippen LogP) is 2.84. The lowest BCUT2D eigenvalue weighted by Gasteiger charge is -2.17. The summed E-state index contributed by atoms with van der Waals surface area (Å²) in [6.45, 7) is 7.92. The highest BCUT2D eigenvalue weighted by atomic mass is 79.9. The van der Waals surface area contributed by atoms with Crippen LogP contribution in [0, 0.1) is 6.92 Å². The van der Waals surface area contributed by atoms with E-state index in [0.29, 0.717) is 0 Å². The van der Waals surface area contributed by atoms with Crippen LogP contribution in [0.25, 0.3) is 0 Å². The maximum absolute atomic E-state index is 5.47. The maximum Gasteiger partial charge on any atom is 0.0664 e. The molecule has 0 spiro atoms. The Hall–Kier alpha value is -0.640. The van der Waals surface area contributed by atoms with E-state index in [9.17, 15) is 0 Å². The smallest absolute Gasteiger partial charge is 0.0664 e. The van der Waals surface area contributed by atoms with Crippen LogP contribution < -0.4 is 11.3 Å². The Morgan fingerprint density at radius 1 is 1.57 bits per heavy atom. The molecule has 1 aromatic rings. The van der Waals surface area contributed by atoms with Gasteiger partial charge < -0.3 is 0 Å². The molecule has 0 saturated carbocycles. The second-order valence-electron chi connectivity index (χ2n) is 3.45. The van der Waals surface area contributed by atoms with Crippen molar-refractivity contribution >= 4 is 15.9 Å². The van der Waals surface area contributed by atoms with Crippen LogP contribution in [0.5, 0.6) is 0 Å². The molecule has 76 valence electrons. The minimum Gasteiger partial charge on any atom is -0.271 e. The molecule has 0 aliphatic heterocycles. The first-order valence-electron chi connectivity index (χ1n) is 4.44. The Morgan fingerprint density at radius 2 is 2.21 bits per heavy atom. The maximum atomic E-state index is 5.47. The average molecular weight is 255 g/mol. The second kappa shape index (κ2) is 4.73. The summed E-state index contributed by atoms with van der Waals surface area (Å²) in [6, 6.07) is 6.19. The number of rotatable bonds is 3. The Balaban J connectivity index is 3.06. The largest absolute Gasteiger partial charge is 0.271 e. The van der Waals surface area contributed by atoms with Crippen molar-refractivity contribution < 1.29 is 0 Å². The van der Waals surface area contributed by atoms with Gasteiger partial charge in [-0.2, -0.15) is 0 Å². The first-order chi connectivity index (χ1) is 6.56. The lowest BCUT2D eigenvalue weighted by Crippen LogP contribution is -2.28. The summed E-state index contributed by atoms with van der Waals surface area (Å²) >= 11 is 3.46. The van der Waals surface area contributed by atoms with Gasteiger partial charge in [-0.1, -0.05) is 40.2 Å². The zero-order valence-corrected chi connectivity index (χ0v) is 10.1. The first kappa shape index (κ1) is 11.4. The Kier molecular flexibility index (Phi) is 3.86. The Labute approximate surface area is 93.3 Å². The van der Waals surface area contributed by atoms with Crippen molar-refractivity contribution in [1.29, 1.82) is 0 Å². The van der Waals surface area contributed by atoms with Crippen LogP contribution in [-0.2, 0) is 0 Å².